The number of amides is 1. The molecule has 2 aromatic rings. The molecule has 0 spiro atoms. The first-order valence-corrected chi connectivity index (χ1v) is 11.8. The van der Waals surface area contributed by atoms with E-state index in [0.29, 0.717) is 6.61 Å². The number of ether oxygens (including phenoxy) is 1. The third-order valence-corrected chi connectivity index (χ3v) is 6.54. The molecule has 8 heteroatoms. The van der Waals surface area contributed by atoms with Crippen molar-refractivity contribution >= 4 is 35.0 Å². The Kier molecular flexibility index (Phi) is 6.94. The van der Waals surface area contributed by atoms with Gasteiger partial charge in [-0.15, -0.1) is 0 Å². The van der Waals surface area contributed by atoms with E-state index in [2.05, 4.69) is 31.2 Å². The fourth-order valence-electron chi connectivity index (χ4n) is 3.89. The molecule has 1 aromatic carbocycles. The zero-order valence-corrected chi connectivity index (χ0v) is 18.2. The summed E-state index contributed by atoms with van der Waals surface area (Å²) in [6, 6.07) is 9.64. The predicted octanol–water partition coefficient (Wildman–Crippen LogP) is 3.28. The number of nitrogens with one attached hydrogen (secondary N) is 1. The normalized spacial score (nSPS) is 17.6. The SMILES string of the molecule is CCOc1ccc(NC(=O)C2CCN(c3cc(N4CCSCC4)ncn3)CC2)cc1. The average molecular weight is 428 g/mol. The maximum absolute atomic E-state index is 12.7. The highest BCUT2D eigenvalue weighted by Gasteiger charge is 2.26. The van der Waals surface area contributed by atoms with E-state index in [-0.39, 0.29) is 11.8 Å². The molecule has 2 fully saturated rings. The van der Waals surface area contributed by atoms with Crippen molar-refractivity contribution in [3.05, 3.63) is 36.7 Å². The molecule has 1 amide bonds. The van der Waals surface area contributed by atoms with Gasteiger partial charge in [0.25, 0.3) is 0 Å². The van der Waals surface area contributed by atoms with Gasteiger partial charge in [0.2, 0.25) is 5.91 Å². The van der Waals surface area contributed by atoms with Crippen LogP contribution in [-0.4, -0.2) is 60.2 Å². The predicted molar refractivity (Wildman–Crippen MR) is 123 cm³/mol. The van der Waals surface area contributed by atoms with Crippen LogP contribution in [0.25, 0.3) is 0 Å². The van der Waals surface area contributed by atoms with E-state index in [4.69, 9.17) is 4.74 Å². The number of rotatable bonds is 6. The van der Waals surface area contributed by atoms with Gasteiger partial charge in [0.15, 0.2) is 0 Å². The standard InChI is InChI=1S/C22H29N5O2S/c1-2-29-19-5-3-18(4-6-19)25-22(28)17-7-9-26(10-8-17)20-15-21(24-16-23-20)27-11-13-30-14-12-27/h3-6,15-17H,2,7-14H2,1H3,(H,25,28). The van der Waals surface area contributed by atoms with Crippen LogP contribution in [0.1, 0.15) is 19.8 Å². The zero-order chi connectivity index (χ0) is 20.8. The molecule has 2 saturated heterocycles. The Morgan fingerprint density at radius 3 is 2.33 bits per heavy atom. The van der Waals surface area contributed by atoms with Crippen molar-refractivity contribution in [3.63, 3.8) is 0 Å². The number of nitrogens with zero attached hydrogens (tertiary/aromatic N) is 4. The number of carbonyl (C=O) groups excluding carboxylic acids is 1. The van der Waals surface area contributed by atoms with E-state index in [0.717, 1.165) is 73.6 Å². The second-order valence-electron chi connectivity index (χ2n) is 7.54. The summed E-state index contributed by atoms with van der Waals surface area (Å²) in [5.74, 6) is 5.19. The van der Waals surface area contributed by atoms with E-state index in [1.807, 2.05) is 43.0 Å². The van der Waals surface area contributed by atoms with E-state index in [1.54, 1.807) is 6.33 Å². The Balaban J connectivity index is 1.30. The molecule has 30 heavy (non-hydrogen) atoms. The lowest BCUT2D eigenvalue weighted by Crippen LogP contribution is -2.39. The van der Waals surface area contributed by atoms with E-state index in [9.17, 15) is 4.79 Å². The van der Waals surface area contributed by atoms with Gasteiger partial charge in [0, 0.05) is 55.4 Å². The molecule has 0 aliphatic carbocycles. The van der Waals surface area contributed by atoms with Crippen molar-refractivity contribution in [2.45, 2.75) is 19.8 Å². The van der Waals surface area contributed by atoms with Crippen LogP contribution in [0.2, 0.25) is 0 Å². The fraction of sp³-hybridized carbons (Fsp3) is 0.500. The number of hydrogen-bond acceptors (Lipinski definition) is 7. The average Bonchev–Trinajstić information content (AvgIpc) is 2.81. The van der Waals surface area contributed by atoms with Gasteiger partial charge in [-0.1, -0.05) is 0 Å². The summed E-state index contributed by atoms with van der Waals surface area (Å²) in [5, 5.41) is 3.04. The Morgan fingerprint density at radius 1 is 1.07 bits per heavy atom. The molecule has 2 aliphatic rings. The number of thioether (sulfide) groups is 1. The minimum Gasteiger partial charge on any atom is -0.494 e. The van der Waals surface area contributed by atoms with E-state index >= 15 is 0 Å². The topological polar surface area (TPSA) is 70.6 Å². The van der Waals surface area contributed by atoms with Crippen molar-refractivity contribution in [1.29, 1.82) is 0 Å². The minimum atomic E-state index is 0.0215. The van der Waals surface area contributed by atoms with Gasteiger partial charge in [-0.2, -0.15) is 11.8 Å². The molecule has 0 unspecified atom stereocenters. The first-order chi connectivity index (χ1) is 14.7. The molecule has 3 heterocycles. The van der Waals surface area contributed by atoms with Gasteiger partial charge in [-0.05, 0) is 44.0 Å². The van der Waals surface area contributed by atoms with Crippen LogP contribution < -0.4 is 19.9 Å². The van der Waals surface area contributed by atoms with Gasteiger partial charge in [-0.25, -0.2) is 9.97 Å². The van der Waals surface area contributed by atoms with Crippen LogP contribution >= 0.6 is 11.8 Å². The maximum Gasteiger partial charge on any atom is 0.227 e. The van der Waals surface area contributed by atoms with Crippen molar-refractivity contribution in [3.8, 4) is 5.75 Å². The summed E-state index contributed by atoms with van der Waals surface area (Å²) in [6.45, 7) is 6.32. The molecule has 1 aromatic heterocycles. The van der Waals surface area contributed by atoms with Crippen molar-refractivity contribution < 1.29 is 9.53 Å². The third kappa shape index (κ3) is 5.16. The molecule has 0 atom stereocenters. The Morgan fingerprint density at radius 2 is 1.70 bits per heavy atom. The van der Waals surface area contributed by atoms with Crippen molar-refractivity contribution in [2.75, 3.05) is 59.4 Å². The quantitative estimate of drug-likeness (QED) is 0.759. The lowest BCUT2D eigenvalue weighted by molar-refractivity contribution is -0.120. The van der Waals surface area contributed by atoms with Gasteiger partial charge in [-0.3, -0.25) is 4.79 Å². The smallest absolute Gasteiger partial charge is 0.227 e. The Hall–Kier alpha value is -2.48. The molecule has 7 nitrogen and oxygen atoms in total. The zero-order valence-electron chi connectivity index (χ0n) is 17.4. The van der Waals surface area contributed by atoms with E-state index < -0.39 is 0 Å². The lowest BCUT2D eigenvalue weighted by atomic mass is 9.96. The first-order valence-electron chi connectivity index (χ1n) is 10.7. The summed E-state index contributed by atoms with van der Waals surface area (Å²) in [4.78, 5) is 26.2. The highest BCUT2D eigenvalue weighted by molar-refractivity contribution is 7.99. The number of aromatic nitrogens is 2. The summed E-state index contributed by atoms with van der Waals surface area (Å²) >= 11 is 1.99. The van der Waals surface area contributed by atoms with Gasteiger partial charge >= 0.3 is 0 Å². The highest BCUT2D eigenvalue weighted by atomic mass is 32.2. The van der Waals surface area contributed by atoms with Crippen LogP contribution in [0.3, 0.4) is 0 Å². The highest BCUT2D eigenvalue weighted by Crippen LogP contribution is 2.26. The van der Waals surface area contributed by atoms with Crippen LogP contribution in [0, 0.1) is 5.92 Å². The summed E-state index contributed by atoms with van der Waals surface area (Å²) < 4.78 is 5.45. The summed E-state index contributed by atoms with van der Waals surface area (Å²) in [6.07, 6.45) is 3.31. The number of benzene rings is 1. The van der Waals surface area contributed by atoms with Crippen LogP contribution in [0.5, 0.6) is 5.75 Å². The van der Waals surface area contributed by atoms with Gasteiger partial charge in [0.1, 0.15) is 23.7 Å². The first kappa shape index (κ1) is 20.8. The van der Waals surface area contributed by atoms with Crippen LogP contribution in [-0.2, 0) is 4.79 Å². The molecule has 160 valence electrons. The van der Waals surface area contributed by atoms with Crippen molar-refractivity contribution in [2.24, 2.45) is 5.92 Å². The van der Waals surface area contributed by atoms with Crippen LogP contribution in [0.4, 0.5) is 17.3 Å². The number of carbonyl (C=O) groups is 1. The molecule has 2 aliphatic heterocycles. The molecular formula is C22H29N5O2S. The maximum atomic E-state index is 12.7. The number of piperidine rings is 1. The lowest BCUT2D eigenvalue weighted by Gasteiger charge is -2.33. The molecule has 0 bridgehead atoms. The molecule has 0 saturated carbocycles. The fourth-order valence-corrected chi connectivity index (χ4v) is 4.79. The van der Waals surface area contributed by atoms with Crippen molar-refractivity contribution in [1.82, 2.24) is 9.97 Å². The Bertz CT molecular complexity index is 834. The van der Waals surface area contributed by atoms with E-state index in [1.165, 1.54) is 0 Å². The number of hydrogen-bond donors (Lipinski definition) is 1. The Labute approximate surface area is 182 Å². The molecule has 1 N–H and O–H groups in total. The number of anilines is 3. The summed E-state index contributed by atoms with van der Waals surface area (Å²) in [5.41, 5.74) is 0.811. The molecule has 0 radical (unpaired) electrons. The van der Waals surface area contributed by atoms with Gasteiger partial charge in [0.05, 0.1) is 6.61 Å². The monoisotopic (exact) mass is 427 g/mol. The minimum absolute atomic E-state index is 0.0215. The van der Waals surface area contributed by atoms with Crippen LogP contribution in [0.15, 0.2) is 36.7 Å². The molecule has 4 rings (SSSR count). The second-order valence-corrected chi connectivity index (χ2v) is 8.77. The third-order valence-electron chi connectivity index (χ3n) is 5.60. The van der Waals surface area contributed by atoms with Gasteiger partial charge < -0.3 is 19.9 Å². The largest absolute Gasteiger partial charge is 0.494 e. The summed E-state index contributed by atoms with van der Waals surface area (Å²) in [7, 11) is 0. The second kappa shape index (κ2) is 10.0. The molecular weight excluding hydrogens is 398 g/mol.